The van der Waals surface area contributed by atoms with E-state index in [0.29, 0.717) is 23.1 Å². The normalized spacial score (nSPS) is 21.9. The number of anilines is 1. The first kappa shape index (κ1) is 18.9. The SMILES string of the molecule is C[C@@H]1CN(CCCNc2cc(C(F)(F)F)nc3ccccc23)C[C@H](C)O1. The molecule has 1 aromatic carbocycles. The van der Waals surface area contributed by atoms with Crippen LogP contribution in [0.1, 0.15) is 26.0 Å². The van der Waals surface area contributed by atoms with Gasteiger partial charge in [0.2, 0.25) is 0 Å². The predicted molar refractivity (Wildman–Crippen MR) is 96.3 cm³/mol. The number of nitrogens with zero attached hydrogens (tertiary/aromatic N) is 2. The quantitative estimate of drug-likeness (QED) is 0.805. The Bertz CT molecular complexity index is 740. The van der Waals surface area contributed by atoms with Crippen LogP contribution in [0.4, 0.5) is 18.9 Å². The molecule has 0 aliphatic carbocycles. The number of rotatable bonds is 5. The lowest BCUT2D eigenvalue weighted by Gasteiger charge is -2.35. The summed E-state index contributed by atoms with van der Waals surface area (Å²) in [5.41, 5.74) is -0.0400. The third kappa shape index (κ3) is 4.65. The molecular formula is C19H24F3N3O. The van der Waals surface area contributed by atoms with Crippen LogP contribution < -0.4 is 5.32 Å². The second-order valence-electron chi connectivity index (χ2n) is 6.87. The standard InChI is InChI=1S/C19H24F3N3O/c1-13-11-25(12-14(2)26-13)9-5-8-23-17-10-18(19(20,21)22)24-16-7-4-3-6-15(16)17/h3-4,6-7,10,13-14H,5,8-9,11-12H2,1-2H3,(H,23,24)/t13-,14+. The van der Waals surface area contributed by atoms with E-state index in [1.165, 1.54) is 0 Å². The Hall–Kier alpha value is -1.86. The van der Waals surface area contributed by atoms with Gasteiger partial charge in [0.1, 0.15) is 5.69 Å². The molecule has 1 aliphatic rings. The molecule has 2 aromatic rings. The maximum Gasteiger partial charge on any atom is 0.433 e. The average molecular weight is 367 g/mol. The van der Waals surface area contributed by atoms with E-state index in [1.807, 2.05) is 0 Å². The van der Waals surface area contributed by atoms with Crippen molar-refractivity contribution in [2.45, 2.75) is 38.7 Å². The number of fused-ring (bicyclic) bond motifs is 1. The zero-order chi connectivity index (χ0) is 18.7. The number of hydrogen-bond donors (Lipinski definition) is 1. The van der Waals surface area contributed by atoms with Crippen molar-refractivity contribution >= 4 is 16.6 Å². The van der Waals surface area contributed by atoms with Gasteiger partial charge in [-0.3, -0.25) is 4.90 Å². The van der Waals surface area contributed by atoms with Crippen LogP contribution in [0.15, 0.2) is 30.3 Å². The number of halogens is 3. The molecule has 0 bridgehead atoms. The Morgan fingerprint density at radius 3 is 2.58 bits per heavy atom. The number of alkyl halides is 3. The Labute approximate surface area is 151 Å². The van der Waals surface area contributed by atoms with Crippen molar-refractivity contribution in [2.75, 3.05) is 31.5 Å². The van der Waals surface area contributed by atoms with Crippen LogP contribution in [0.2, 0.25) is 0 Å². The first-order valence-electron chi connectivity index (χ1n) is 8.91. The molecule has 1 saturated heterocycles. The summed E-state index contributed by atoms with van der Waals surface area (Å²) < 4.78 is 45.0. The van der Waals surface area contributed by atoms with E-state index in [4.69, 9.17) is 4.74 Å². The lowest BCUT2D eigenvalue weighted by Crippen LogP contribution is -2.45. The molecule has 0 saturated carbocycles. The summed E-state index contributed by atoms with van der Waals surface area (Å²) in [5, 5.41) is 3.87. The number of benzene rings is 1. The van der Waals surface area contributed by atoms with E-state index >= 15 is 0 Å². The summed E-state index contributed by atoms with van der Waals surface area (Å²) in [6.07, 6.45) is -3.19. The lowest BCUT2D eigenvalue weighted by atomic mass is 10.1. The molecule has 142 valence electrons. The molecule has 26 heavy (non-hydrogen) atoms. The largest absolute Gasteiger partial charge is 0.433 e. The van der Waals surface area contributed by atoms with E-state index in [1.54, 1.807) is 24.3 Å². The summed E-state index contributed by atoms with van der Waals surface area (Å²) in [5.74, 6) is 0. The van der Waals surface area contributed by atoms with Gasteiger partial charge >= 0.3 is 6.18 Å². The molecule has 1 N–H and O–H groups in total. The second-order valence-corrected chi connectivity index (χ2v) is 6.87. The molecule has 7 heteroatoms. The maximum absolute atomic E-state index is 13.1. The van der Waals surface area contributed by atoms with Crippen molar-refractivity contribution in [3.63, 3.8) is 0 Å². The number of ether oxygens (including phenoxy) is 1. The van der Waals surface area contributed by atoms with Crippen molar-refractivity contribution in [1.82, 2.24) is 9.88 Å². The fraction of sp³-hybridized carbons (Fsp3) is 0.526. The summed E-state index contributed by atoms with van der Waals surface area (Å²) in [6, 6.07) is 7.99. The maximum atomic E-state index is 13.1. The van der Waals surface area contributed by atoms with Crippen molar-refractivity contribution < 1.29 is 17.9 Å². The third-order valence-electron chi connectivity index (χ3n) is 4.47. The molecule has 2 heterocycles. The first-order chi connectivity index (χ1) is 12.3. The van der Waals surface area contributed by atoms with Gasteiger partial charge in [-0.05, 0) is 32.4 Å². The lowest BCUT2D eigenvalue weighted by molar-refractivity contribution is -0.140. The molecule has 1 aliphatic heterocycles. The molecule has 0 radical (unpaired) electrons. The number of hydrogen-bond acceptors (Lipinski definition) is 4. The van der Waals surface area contributed by atoms with Gasteiger partial charge in [0.25, 0.3) is 0 Å². The van der Waals surface area contributed by atoms with Crippen LogP contribution in [-0.4, -0.2) is 48.3 Å². The van der Waals surface area contributed by atoms with Crippen LogP contribution in [-0.2, 0) is 10.9 Å². The molecule has 2 atom stereocenters. The van der Waals surface area contributed by atoms with Crippen LogP contribution in [0.25, 0.3) is 10.9 Å². The highest BCUT2D eigenvalue weighted by Crippen LogP contribution is 2.32. The number of nitrogens with one attached hydrogen (secondary N) is 1. The van der Waals surface area contributed by atoms with Gasteiger partial charge in [-0.15, -0.1) is 0 Å². The monoisotopic (exact) mass is 367 g/mol. The number of morpholine rings is 1. The second kappa shape index (κ2) is 7.80. The first-order valence-corrected chi connectivity index (χ1v) is 8.91. The molecule has 1 aromatic heterocycles. The molecule has 4 nitrogen and oxygen atoms in total. The van der Waals surface area contributed by atoms with Crippen molar-refractivity contribution in [2.24, 2.45) is 0 Å². The minimum Gasteiger partial charge on any atom is -0.384 e. The Kier molecular flexibility index (Phi) is 5.67. The van der Waals surface area contributed by atoms with Crippen LogP contribution >= 0.6 is 0 Å². The summed E-state index contributed by atoms with van der Waals surface area (Å²) in [6.45, 7) is 7.39. The van der Waals surface area contributed by atoms with Gasteiger partial charge in [-0.1, -0.05) is 18.2 Å². The highest BCUT2D eigenvalue weighted by Gasteiger charge is 2.33. The average Bonchev–Trinajstić information content (AvgIpc) is 2.56. The van der Waals surface area contributed by atoms with Gasteiger partial charge < -0.3 is 10.1 Å². The van der Waals surface area contributed by atoms with E-state index in [0.717, 1.165) is 32.1 Å². The molecule has 0 amide bonds. The number of para-hydroxylation sites is 1. The summed E-state index contributed by atoms with van der Waals surface area (Å²) in [4.78, 5) is 6.08. The van der Waals surface area contributed by atoms with Gasteiger partial charge in [0.15, 0.2) is 0 Å². The van der Waals surface area contributed by atoms with E-state index in [2.05, 4.69) is 29.0 Å². The van der Waals surface area contributed by atoms with Crippen molar-refractivity contribution in [3.8, 4) is 0 Å². The zero-order valence-corrected chi connectivity index (χ0v) is 15.0. The number of pyridine rings is 1. The van der Waals surface area contributed by atoms with E-state index in [9.17, 15) is 13.2 Å². The molecule has 0 spiro atoms. The minimum absolute atomic E-state index is 0.213. The van der Waals surface area contributed by atoms with Crippen molar-refractivity contribution in [3.05, 3.63) is 36.0 Å². The third-order valence-corrected chi connectivity index (χ3v) is 4.47. The Morgan fingerprint density at radius 1 is 1.19 bits per heavy atom. The fourth-order valence-corrected chi connectivity index (χ4v) is 3.46. The van der Waals surface area contributed by atoms with E-state index in [-0.39, 0.29) is 12.2 Å². The van der Waals surface area contributed by atoms with E-state index < -0.39 is 11.9 Å². The Balaban J connectivity index is 1.65. The predicted octanol–water partition coefficient (Wildman–Crippen LogP) is 4.16. The van der Waals surface area contributed by atoms with Crippen LogP contribution in [0, 0.1) is 0 Å². The van der Waals surface area contributed by atoms with Gasteiger partial charge in [-0.2, -0.15) is 13.2 Å². The van der Waals surface area contributed by atoms with Crippen LogP contribution in [0.5, 0.6) is 0 Å². The fourth-order valence-electron chi connectivity index (χ4n) is 3.46. The molecule has 3 rings (SSSR count). The topological polar surface area (TPSA) is 37.4 Å². The smallest absolute Gasteiger partial charge is 0.384 e. The molecule has 0 unspecified atom stereocenters. The molecule has 1 fully saturated rings. The molecular weight excluding hydrogens is 343 g/mol. The highest BCUT2D eigenvalue weighted by atomic mass is 19.4. The summed E-state index contributed by atoms with van der Waals surface area (Å²) in [7, 11) is 0. The summed E-state index contributed by atoms with van der Waals surface area (Å²) >= 11 is 0. The zero-order valence-electron chi connectivity index (χ0n) is 15.0. The minimum atomic E-state index is -4.46. The Morgan fingerprint density at radius 2 is 1.88 bits per heavy atom. The highest BCUT2D eigenvalue weighted by molar-refractivity contribution is 5.91. The van der Waals surface area contributed by atoms with Gasteiger partial charge in [0, 0.05) is 37.3 Å². The van der Waals surface area contributed by atoms with Crippen LogP contribution in [0.3, 0.4) is 0 Å². The van der Waals surface area contributed by atoms with Gasteiger partial charge in [-0.25, -0.2) is 4.98 Å². The van der Waals surface area contributed by atoms with Crippen molar-refractivity contribution in [1.29, 1.82) is 0 Å². The van der Waals surface area contributed by atoms with Gasteiger partial charge in [0.05, 0.1) is 17.7 Å². The number of aromatic nitrogens is 1.